The van der Waals surface area contributed by atoms with Crippen molar-refractivity contribution < 1.29 is 19.4 Å². The molecule has 0 aliphatic rings. The highest BCUT2D eigenvalue weighted by atomic mass is 16.5. The van der Waals surface area contributed by atoms with Crippen LogP contribution in [0.15, 0.2) is 91.1 Å². The zero-order valence-electron chi connectivity index (χ0n) is 25.3. The predicted molar refractivity (Wildman–Crippen MR) is 172 cm³/mol. The van der Waals surface area contributed by atoms with Crippen LogP contribution in [0.1, 0.15) is 51.2 Å². The van der Waals surface area contributed by atoms with Crippen molar-refractivity contribution in [1.29, 1.82) is 0 Å². The van der Waals surface area contributed by atoms with Crippen LogP contribution >= 0.6 is 0 Å². The number of pyridine rings is 1. The summed E-state index contributed by atoms with van der Waals surface area (Å²) in [6.45, 7) is 3.38. The maximum Gasteiger partial charge on any atom is 0.251 e. The Bertz CT molecular complexity index is 1490. The minimum absolute atomic E-state index is 0.0710. The Balaban J connectivity index is 1.14. The second-order valence-corrected chi connectivity index (χ2v) is 10.9. The van der Waals surface area contributed by atoms with Gasteiger partial charge in [0.05, 0.1) is 19.6 Å². The molecule has 2 amide bonds. The van der Waals surface area contributed by atoms with Crippen LogP contribution in [0.4, 0.5) is 5.82 Å². The number of carbonyl (C=O) groups excluding carboxylic acids is 2. The van der Waals surface area contributed by atoms with Gasteiger partial charge in [-0.3, -0.25) is 9.59 Å². The van der Waals surface area contributed by atoms with E-state index in [0.717, 1.165) is 40.0 Å². The number of nitrogens with zero attached hydrogens (tertiary/aromatic N) is 1. The second-order valence-electron chi connectivity index (χ2n) is 10.9. The SMILES string of the molecule is COc1cccc(CCNC(=O)c2ccc(CNC(=O)Cc3ccc(CC(C)NC[C@@H](O)c4ccc(N)nc4)cc3)cc2)c1. The molecule has 4 rings (SSSR count). The highest BCUT2D eigenvalue weighted by molar-refractivity contribution is 5.94. The van der Waals surface area contributed by atoms with E-state index in [4.69, 9.17) is 10.5 Å². The van der Waals surface area contributed by atoms with E-state index < -0.39 is 6.10 Å². The average molecular weight is 596 g/mol. The van der Waals surface area contributed by atoms with E-state index in [1.54, 1.807) is 37.6 Å². The van der Waals surface area contributed by atoms with Crippen LogP contribution in [0.3, 0.4) is 0 Å². The Morgan fingerprint density at radius 3 is 2.34 bits per heavy atom. The van der Waals surface area contributed by atoms with E-state index in [1.165, 1.54) is 0 Å². The van der Waals surface area contributed by atoms with Crippen LogP contribution in [0.5, 0.6) is 5.75 Å². The smallest absolute Gasteiger partial charge is 0.251 e. The van der Waals surface area contributed by atoms with E-state index in [2.05, 4.69) is 27.9 Å². The Hall–Kier alpha value is -4.73. The van der Waals surface area contributed by atoms with Crippen molar-refractivity contribution in [2.75, 3.05) is 25.9 Å². The molecule has 0 spiro atoms. The lowest BCUT2D eigenvalue weighted by atomic mass is 10.0. The second kappa shape index (κ2) is 16.2. The van der Waals surface area contributed by atoms with Crippen LogP contribution in [0.2, 0.25) is 0 Å². The molecule has 0 saturated heterocycles. The first kappa shape index (κ1) is 32.2. The van der Waals surface area contributed by atoms with E-state index in [1.807, 2.05) is 60.7 Å². The fourth-order valence-corrected chi connectivity index (χ4v) is 4.74. The number of hydrogen-bond acceptors (Lipinski definition) is 7. The number of carbonyl (C=O) groups is 2. The summed E-state index contributed by atoms with van der Waals surface area (Å²) in [6.07, 6.45) is 2.70. The van der Waals surface area contributed by atoms with Crippen LogP contribution in [0.25, 0.3) is 0 Å². The molecule has 44 heavy (non-hydrogen) atoms. The van der Waals surface area contributed by atoms with Crippen molar-refractivity contribution in [3.05, 3.63) is 125 Å². The molecule has 1 aromatic heterocycles. The number of amides is 2. The van der Waals surface area contributed by atoms with E-state index in [9.17, 15) is 14.7 Å². The molecule has 1 heterocycles. The Morgan fingerprint density at radius 2 is 1.64 bits per heavy atom. The fourth-order valence-electron chi connectivity index (χ4n) is 4.74. The highest BCUT2D eigenvalue weighted by Crippen LogP contribution is 2.14. The molecule has 0 aliphatic carbocycles. The van der Waals surface area contributed by atoms with Crippen LogP contribution < -0.4 is 26.4 Å². The summed E-state index contributed by atoms with van der Waals surface area (Å²) in [5.41, 5.74) is 11.0. The maximum atomic E-state index is 12.6. The normalized spacial score (nSPS) is 12.2. The number of hydrogen-bond donors (Lipinski definition) is 5. The number of nitrogens with two attached hydrogens (primary N) is 1. The summed E-state index contributed by atoms with van der Waals surface area (Å²) in [5, 5.41) is 19.6. The Kier molecular flexibility index (Phi) is 11.9. The number of ether oxygens (including phenoxy) is 1. The van der Waals surface area contributed by atoms with Crippen LogP contribution in [-0.4, -0.2) is 48.1 Å². The fraction of sp³-hybridized carbons (Fsp3) is 0.286. The van der Waals surface area contributed by atoms with Gasteiger partial charge in [-0.1, -0.05) is 54.6 Å². The first-order chi connectivity index (χ1) is 21.3. The Labute approximate surface area is 258 Å². The number of nitrogen functional groups attached to an aromatic ring is 1. The standard InChI is InChI=1S/C35H41N5O4/c1-24(38-23-32(41)30-14-15-33(36)39-22-30)18-26-6-8-27(9-7-26)20-34(42)40-21-28-10-12-29(13-11-28)35(43)37-17-16-25-4-3-5-31(19-25)44-2/h3-15,19,22,24,32,38,41H,16-18,20-21,23H2,1-2H3,(H2,36,39)(H,37,43)(H,40,42)/t24?,32-/m1/s1. The number of rotatable bonds is 15. The first-order valence-electron chi connectivity index (χ1n) is 14.8. The average Bonchev–Trinajstić information content (AvgIpc) is 3.04. The molecule has 0 bridgehead atoms. The lowest BCUT2D eigenvalue weighted by Crippen LogP contribution is -2.32. The third-order valence-electron chi connectivity index (χ3n) is 7.32. The molecule has 0 radical (unpaired) electrons. The number of methoxy groups -OCH3 is 1. The van der Waals surface area contributed by atoms with Crippen molar-refractivity contribution >= 4 is 17.6 Å². The molecule has 0 aliphatic heterocycles. The molecule has 4 aromatic rings. The minimum atomic E-state index is -0.662. The van der Waals surface area contributed by atoms with Gasteiger partial charge in [-0.05, 0) is 72.4 Å². The van der Waals surface area contributed by atoms with Gasteiger partial charge in [-0.25, -0.2) is 4.98 Å². The van der Waals surface area contributed by atoms with E-state index in [-0.39, 0.29) is 24.3 Å². The van der Waals surface area contributed by atoms with Gasteiger partial charge in [0.25, 0.3) is 5.91 Å². The van der Waals surface area contributed by atoms with Gasteiger partial charge in [0.1, 0.15) is 11.6 Å². The third kappa shape index (κ3) is 10.2. The third-order valence-corrected chi connectivity index (χ3v) is 7.32. The van der Waals surface area contributed by atoms with Crippen molar-refractivity contribution in [3.8, 4) is 5.75 Å². The van der Waals surface area contributed by atoms with Gasteiger partial charge < -0.3 is 31.5 Å². The number of aliphatic hydroxyl groups is 1. The molecular weight excluding hydrogens is 554 g/mol. The zero-order chi connectivity index (χ0) is 31.3. The van der Waals surface area contributed by atoms with Crippen molar-refractivity contribution in [2.45, 2.75) is 44.9 Å². The van der Waals surface area contributed by atoms with E-state index in [0.29, 0.717) is 37.4 Å². The summed E-state index contributed by atoms with van der Waals surface area (Å²) in [4.78, 5) is 29.1. The molecule has 3 aromatic carbocycles. The Morgan fingerprint density at radius 1 is 0.909 bits per heavy atom. The zero-order valence-corrected chi connectivity index (χ0v) is 25.3. The van der Waals surface area contributed by atoms with Crippen molar-refractivity contribution in [2.24, 2.45) is 0 Å². The molecular formula is C35H41N5O4. The summed E-state index contributed by atoms with van der Waals surface area (Å²) < 4.78 is 5.24. The van der Waals surface area contributed by atoms with Crippen molar-refractivity contribution in [1.82, 2.24) is 20.9 Å². The lowest BCUT2D eigenvalue weighted by molar-refractivity contribution is -0.120. The maximum absolute atomic E-state index is 12.6. The quantitative estimate of drug-likeness (QED) is 0.141. The number of aliphatic hydroxyl groups excluding tert-OH is 1. The predicted octanol–water partition coefficient (Wildman–Crippen LogP) is 3.76. The lowest BCUT2D eigenvalue weighted by Gasteiger charge is -2.17. The molecule has 230 valence electrons. The molecule has 1 unspecified atom stereocenters. The summed E-state index contributed by atoms with van der Waals surface area (Å²) in [6, 6.07) is 26.6. The van der Waals surface area contributed by atoms with E-state index >= 15 is 0 Å². The number of anilines is 1. The molecule has 9 nitrogen and oxygen atoms in total. The highest BCUT2D eigenvalue weighted by Gasteiger charge is 2.11. The van der Waals surface area contributed by atoms with Gasteiger partial charge in [0.2, 0.25) is 5.91 Å². The number of nitrogens with one attached hydrogen (secondary N) is 3. The topological polar surface area (TPSA) is 139 Å². The number of benzene rings is 3. The van der Waals surface area contributed by atoms with Crippen LogP contribution in [-0.2, 0) is 30.6 Å². The van der Waals surface area contributed by atoms with Gasteiger partial charge in [-0.15, -0.1) is 0 Å². The number of aromatic nitrogens is 1. The van der Waals surface area contributed by atoms with Gasteiger partial charge >= 0.3 is 0 Å². The van der Waals surface area contributed by atoms with Gasteiger partial charge in [-0.2, -0.15) is 0 Å². The molecule has 0 fully saturated rings. The molecule has 0 saturated carbocycles. The summed E-state index contributed by atoms with van der Waals surface area (Å²) in [5.74, 6) is 1.02. The van der Waals surface area contributed by atoms with Crippen LogP contribution in [0, 0.1) is 0 Å². The monoisotopic (exact) mass is 595 g/mol. The first-order valence-corrected chi connectivity index (χ1v) is 14.8. The van der Waals surface area contributed by atoms with Crippen molar-refractivity contribution in [3.63, 3.8) is 0 Å². The largest absolute Gasteiger partial charge is 0.497 e. The molecule has 6 N–H and O–H groups in total. The molecule has 2 atom stereocenters. The summed E-state index contributed by atoms with van der Waals surface area (Å²) in [7, 11) is 1.63. The van der Waals surface area contributed by atoms with Gasteiger partial charge in [0.15, 0.2) is 0 Å². The minimum Gasteiger partial charge on any atom is -0.497 e. The molecule has 9 heteroatoms. The summed E-state index contributed by atoms with van der Waals surface area (Å²) >= 11 is 0. The van der Waals surface area contributed by atoms with Gasteiger partial charge in [0, 0.05) is 43.0 Å².